The van der Waals surface area contributed by atoms with Crippen LogP contribution in [0, 0.1) is 0 Å². The zero-order valence-corrected chi connectivity index (χ0v) is 5.25. The quantitative estimate of drug-likeness (QED) is 0.606. The number of carboxylic acids is 1. The molecule has 0 saturated heterocycles. The maximum Gasteiger partial charge on any atom is 0.340 e. The number of aliphatic hydroxyl groups is 1. The number of hydrogen-bond acceptors (Lipinski definition) is 2. The Morgan fingerprint density at radius 2 is 2.12 bits per heavy atom. The summed E-state index contributed by atoms with van der Waals surface area (Å²) in [5.74, 6) is -1.62. The number of aliphatic hydroxyl groups excluding tert-OH is 1. The van der Waals surface area contributed by atoms with Gasteiger partial charge in [0, 0.05) is 22.4 Å². The van der Waals surface area contributed by atoms with Gasteiger partial charge in [-0.1, -0.05) is 0 Å². The predicted molar refractivity (Wildman–Crippen MR) is 19.6 cm³/mol. The van der Waals surface area contributed by atoms with Crippen molar-refractivity contribution in [2.75, 3.05) is 6.61 Å². The molecule has 0 spiro atoms. The Labute approximate surface area is 61.0 Å². The average Bonchev–Trinajstić information content (AvgIpc) is 1.65. The van der Waals surface area contributed by atoms with E-state index in [9.17, 15) is 9.18 Å². The second kappa shape index (κ2) is 5.24. The van der Waals surface area contributed by atoms with Crippen molar-refractivity contribution >= 4 is 5.97 Å². The van der Waals surface area contributed by atoms with Gasteiger partial charge < -0.3 is 10.2 Å². The normalized spacial score (nSPS) is 11.8. The fourth-order valence-corrected chi connectivity index (χ4v) is 0.0781. The van der Waals surface area contributed by atoms with Gasteiger partial charge in [0.25, 0.3) is 0 Å². The summed E-state index contributed by atoms with van der Waals surface area (Å²) in [5, 5.41) is 15.4. The molecular formula is C3H5AgFO3. The summed E-state index contributed by atoms with van der Waals surface area (Å²) in [6.07, 6.45) is -2.12. The second-order valence-electron chi connectivity index (χ2n) is 0.988. The van der Waals surface area contributed by atoms with Crippen LogP contribution in [0.1, 0.15) is 0 Å². The van der Waals surface area contributed by atoms with E-state index in [-0.39, 0.29) is 22.4 Å². The van der Waals surface area contributed by atoms with Crippen molar-refractivity contribution in [1.82, 2.24) is 0 Å². The standard InChI is InChI=1S/C3H5FO3.Ag/c4-2(1-5)3(6)7;/h2,5H,1H2,(H,6,7);. The third-order valence-corrected chi connectivity index (χ3v) is 0.428. The molecule has 0 aromatic carbocycles. The number of aliphatic carboxylic acids is 1. The van der Waals surface area contributed by atoms with Gasteiger partial charge in [0.15, 0.2) is 0 Å². The molecule has 1 radical (unpaired) electrons. The van der Waals surface area contributed by atoms with Gasteiger partial charge in [-0.15, -0.1) is 0 Å². The van der Waals surface area contributed by atoms with E-state index in [2.05, 4.69) is 0 Å². The second-order valence-corrected chi connectivity index (χ2v) is 0.988. The monoisotopic (exact) mass is 215 g/mol. The van der Waals surface area contributed by atoms with Gasteiger partial charge in [-0.25, -0.2) is 9.18 Å². The van der Waals surface area contributed by atoms with Crippen LogP contribution in [0.5, 0.6) is 0 Å². The first-order chi connectivity index (χ1) is 3.18. The first-order valence-corrected chi connectivity index (χ1v) is 1.66. The molecule has 0 bridgehead atoms. The molecule has 1 unspecified atom stereocenters. The molecule has 8 heavy (non-hydrogen) atoms. The Morgan fingerprint density at radius 1 is 1.75 bits per heavy atom. The molecule has 53 valence electrons. The molecule has 0 saturated carbocycles. The molecular weight excluding hydrogens is 211 g/mol. The minimum absolute atomic E-state index is 0. The number of alkyl halides is 1. The van der Waals surface area contributed by atoms with Crippen molar-refractivity contribution in [2.45, 2.75) is 6.17 Å². The summed E-state index contributed by atoms with van der Waals surface area (Å²) in [4.78, 5) is 9.40. The molecule has 0 aliphatic carbocycles. The summed E-state index contributed by atoms with van der Waals surface area (Å²) in [5.41, 5.74) is 0. The Balaban J connectivity index is 0. The van der Waals surface area contributed by atoms with Crippen LogP contribution in [0.15, 0.2) is 0 Å². The van der Waals surface area contributed by atoms with E-state index in [1.54, 1.807) is 0 Å². The summed E-state index contributed by atoms with van der Waals surface area (Å²) in [7, 11) is 0. The van der Waals surface area contributed by atoms with Crippen molar-refractivity contribution in [3.8, 4) is 0 Å². The Hall–Kier alpha value is 0.100. The summed E-state index contributed by atoms with van der Waals surface area (Å²) in [6, 6.07) is 0. The topological polar surface area (TPSA) is 57.5 Å². The van der Waals surface area contributed by atoms with Crippen LogP contribution in [0.3, 0.4) is 0 Å². The van der Waals surface area contributed by atoms with Gasteiger partial charge in [-0.2, -0.15) is 0 Å². The molecule has 0 heterocycles. The zero-order chi connectivity index (χ0) is 5.86. The molecule has 0 rings (SSSR count). The van der Waals surface area contributed by atoms with E-state index >= 15 is 0 Å². The van der Waals surface area contributed by atoms with Gasteiger partial charge in [0.2, 0.25) is 6.17 Å². The number of carboxylic acid groups (broad SMARTS) is 1. The molecule has 0 aromatic rings. The maximum absolute atomic E-state index is 11.4. The first kappa shape index (κ1) is 11.0. The van der Waals surface area contributed by atoms with Gasteiger partial charge in [0.1, 0.15) is 0 Å². The first-order valence-electron chi connectivity index (χ1n) is 1.66. The number of halogens is 1. The SMILES string of the molecule is O=C(O)C(F)CO.[Ag]. The van der Waals surface area contributed by atoms with Gasteiger partial charge in [0.05, 0.1) is 6.61 Å². The van der Waals surface area contributed by atoms with Gasteiger partial charge in [-0.05, 0) is 0 Å². The Morgan fingerprint density at radius 3 is 2.12 bits per heavy atom. The van der Waals surface area contributed by atoms with Crippen LogP contribution in [-0.2, 0) is 27.2 Å². The molecule has 3 nitrogen and oxygen atoms in total. The van der Waals surface area contributed by atoms with Crippen molar-refractivity contribution in [3.05, 3.63) is 0 Å². The van der Waals surface area contributed by atoms with Crippen LogP contribution in [0.25, 0.3) is 0 Å². The number of carbonyl (C=O) groups is 1. The van der Waals surface area contributed by atoms with E-state index in [0.717, 1.165) is 0 Å². The molecule has 2 N–H and O–H groups in total. The molecule has 0 aliphatic heterocycles. The number of rotatable bonds is 2. The predicted octanol–water partition coefficient (Wildman–Crippen LogP) is -0.601. The van der Waals surface area contributed by atoms with Crippen LogP contribution in [0.4, 0.5) is 4.39 Å². The van der Waals surface area contributed by atoms with Crippen molar-refractivity contribution in [2.24, 2.45) is 0 Å². The van der Waals surface area contributed by atoms with Crippen LogP contribution >= 0.6 is 0 Å². The summed E-state index contributed by atoms with van der Waals surface area (Å²) < 4.78 is 11.4. The zero-order valence-electron chi connectivity index (χ0n) is 3.77. The van der Waals surface area contributed by atoms with E-state index < -0.39 is 18.7 Å². The Kier molecular flexibility index (Phi) is 7.19. The molecule has 0 aromatic heterocycles. The van der Waals surface area contributed by atoms with E-state index in [1.165, 1.54) is 0 Å². The van der Waals surface area contributed by atoms with Crippen molar-refractivity contribution in [1.29, 1.82) is 0 Å². The molecule has 1 atom stereocenters. The number of hydrogen-bond donors (Lipinski definition) is 2. The van der Waals surface area contributed by atoms with Crippen LogP contribution in [0.2, 0.25) is 0 Å². The van der Waals surface area contributed by atoms with Crippen LogP contribution in [-0.4, -0.2) is 29.0 Å². The van der Waals surface area contributed by atoms with Crippen molar-refractivity contribution in [3.63, 3.8) is 0 Å². The fraction of sp³-hybridized carbons (Fsp3) is 0.667. The minimum Gasteiger partial charge on any atom is -0.479 e. The van der Waals surface area contributed by atoms with E-state index in [1.807, 2.05) is 0 Å². The third-order valence-electron chi connectivity index (χ3n) is 0.428. The summed E-state index contributed by atoms with van der Waals surface area (Å²) >= 11 is 0. The molecule has 0 amide bonds. The maximum atomic E-state index is 11.4. The molecule has 5 heteroatoms. The van der Waals surface area contributed by atoms with E-state index in [4.69, 9.17) is 10.2 Å². The fourth-order valence-electron chi connectivity index (χ4n) is 0.0781. The van der Waals surface area contributed by atoms with E-state index in [0.29, 0.717) is 0 Å². The molecule has 0 fully saturated rings. The van der Waals surface area contributed by atoms with Crippen LogP contribution < -0.4 is 0 Å². The smallest absolute Gasteiger partial charge is 0.340 e. The average molecular weight is 216 g/mol. The van der Waals surface area contributed by atoms with Crippen molar-refractivity contribution < 1.29 is 41.8 Å². The Bertz CT molecular complexity index is 76.9. The summed E-state index contributed by atoms with van der Waals surface area (Å²) in [6.45, 7) is -0.949. The minimum atomic E-state index is -2.12. The van der Waals surface area contributed by atoms with Gasteiger partial charge >= 0.3 is 5.97 Å². The van der Waals surface area contributed by atoms with Gasteiger partial charge in [-0.3, -0.25) is 0 Å². The largest absolute Gasteiger partial charge is 0.479 e. The molecule has 0 aliphatic rings. The third kappa shape index (κ3) is 4.26.